The van der Waals surface area contributed by atoms with Crippen molar-refractivity contribution in [2.75, 3.05) is 0 Å². The molecule has 0 aliphatic rings. The van der Waals surface area contributed by atoms with Crippen LogP contribution in [-0.2, 0) is 6.54 Å². The Hall–Kier alpha value is -3.70. The fraction of sp³-hybridized carbons (Fsp3) is 0.115. The highest BCUT2D eigenvalue weighted by atomic mass is 35.5. The first kappa shape index (κ1) is 20.2. The van der Waals surface area contributed by atoms with Gasteiger partial charge in [-0.2, -0.15) is 0 Å². The lowest BCUT2D eigenvalue weighted by molar-refractivity contribution is 0.101. The number of carbonyl (C=O) groups is 1. The Balaban J connectivity index is 1.82. The number of aromatic nitrogens is 3. The maximum Gasteiger partial charge on any atom is 0.255 e. The summed E-state index contributed by atoms with van der Waals surface area (Å²) in [5.74, 6) is -0.123. The molecule has 0 saturated carbocycles. The third-order valence-electron chi connectivity index (χ3n) is 5.72. The number of hydrogen-bond donors (Lipinski definition) is 1. The Morgan fingerprint density at radius 3 is 2.69 bits per heavy atom. The van der Waals surface area contributed by atoms with E-state index in [1.54, 1.807) is 18.3 Å². The van der Waals surface area contributed by atoms with E-state index in [0.717, 1.165) is 32.9 Å². The van der Waals surface area contributed by atoms with E-state index in [1.807, 2.05) is 60.0 Å². The molecule has 5 rings (SSSR count). The Morgan fingerprint density at radius 1 is 1.09 bits per heavy atom. The summed E-state index contributed by atoms with van der Waals surface area (Å²) < 4.78 is 1.94. The van der Waals surface area contributed by atoms with Gasteiger partial charge in [-0.25, -0.2) is 4.98 Å². The third-order valence-corrected chi connectivity index (χ3v) is 6.05. The van der Waals surface area contributed by atoms with Crippen molar-refractivity contribution >= 4 is 39.2 Å². The number of para-hydroxylation sites is 1. The number of hydrogen-bond acceptors (Lipinski definition) is 3. The molecule has 2 aromatic carbocycles. The van der Waals surface area contributed by atoms with Gasteiger partial charge in [-0.15, -0.1) is 0 Å². The van der Waals surface area contributed by atoms with E-state index in [1.165, 1.54) is 6.92 Å². The van der Waals surface area contributed by atoms with Crippen LogP contribution in [0.4, 0.5) is 0 Å². The first-order chi connectivity index (χ1) is 15.4. The maximum atomic E-state index is 12.9. The lowest BCUT2D eigenvalue weighted by Gasteiger charge is -2.12. The van der Waals surface area contributed by atoms with E-state index >= 15 is 0 Å². The van der Waals surface area contributed by atoms with E-state index in [9.17, 15) is 9.59 Å². The molecule has 0 bridgehead atoms. The molecule has 5 aromatic rings. The van der Waals surface area contributed by atoms with Gasteiger partial charge in [-0.05, 0) is 43.3 Å². The van der Waals surface area contributed by atoms with Crippen LogP contribution in [0.25, 0.3) is 32.9 Å². The van der Waals surface area contributed by atoms with Crippen molar-refractivity contribution in [3.63, 3.8) is 0 Å². The van der Waals surface area contributed by atoms with E-state index in [-0.39, 0.29) is 11.3 Å². The van der Waals surface area contributed by atoms with Gasteiger partial charge < -0.3 is 9.55 Å². The van der Waals surface area contributed by atoms with Crippen LogP contribution in [0.2, 0.25) is 5.15 Å². The number of H-pyrrole nitrogens is 1. The number of aromatic amines is 1. The molecule has 0 fully saturated rings. The Morgan fingerprint density at radius 2 is 1.91 bits per heavy atom. The van der Waals surface area contributed by atoms with Crippen LogP contribution in [0.1, 0.15) is 28.5 Å². The minimum atomic E-state index is -0.235. The molecular formula is C26H20ClN3O2. The highest BCUT2D eigenvalue weighted by Crippen LogP contribution is 2.36. The van der Waals surface area contributed by atoms with Gasteiger partial charge in [0.25, 0.3) is 5.56 Å². The second-order valence-electron chi connectivity index (χ2n) is 7.93. The summed E-state index contributed by atoms with van der Waals surface area (Å²) in [5, 5.41) is 2.23. The van der Waals surface area contributed by atoms with E-state index in [4.69, 9.17) is 11.6 Å². The summed E-state index contributed by atoms with van der Waals surface area (Å²) in [6.45, 7) is 3.88. The summed E-state index contributed by atoms with van der Waals surface area (Å²) in [6.07, 6.45) is 1.59. The minimum absolute atomic E-state index is 0.123. The van der Waals surface area contributed by atoms with E-state index < -0.39 is 0 Å². The smallest absolute Gasteiger partial charge is 0.255 e. The van der Waals surface area contributed by atoms with Crippen molar-refractivity contribution in [3.8, 4) is 11.1 Å². The van der Waals surface area contributed by atoms with Crippen LogP contribution in [0.3, 0.4) is 0 Å². The summed E-state index contributed by atoms with van der Waals surface area (Å²) >= 11 is 6.55. The van der Waals surface area contributed by atoms with Crippen molar-refractivity contribution in [2.24, 2.45) is 0 Å². The number of nitrogens with one attached hydrogen (secondary N) is 1. The molecule has 32 heavy (non-hydrogen) atoms. The molecule has 5 nitrogen and oxygen atoms in total. The molecule has 0 spiro atoms. The molecule has 0 aliphatic heterocycles. The predicted molar refractivity (Wildman–Crippen MR) is 129 cm³/mol. The van der Waals surface area contributed by atoms with Crippen molar-refractivity contribution in [2.45, 2.75) is 20.4 Å². The second-order valence-corrected chi connectivity index (χ2v) is 8.29. The molecular weight excluding hydrogens is 422 g/mol. The van der Waals surface area contributed by atoms with Gasteiger partial charge in [0.2, 0.25) is 0 Å². The van der Waals surface area contributed by atoms with Crippen molar-refractivity contribution in [1.82, 2.24) is 14.5 Å². The standard InChI is InChI=1S/C26H20ClN3O2/c1-15-9-10-22-20(12-15)23(19-7-5-11-28-26(19)32)24(16(2)31)30(22)14-18-13-17-6-3-4-8-21(17)29-25(18)27/h3-13H,14H2,1-2H3,(H,28,32). The largest absolute Gasteiger partial charge is 0.333 e. The van der Waals surface area contributed by atoms with Crippen LogP contribution in [0.15, 0.2) is 71.7 Å². The van der Waals surface area contributed by atoms with E-state index in [0.29, 0.717) is 28.5 Å². The van der Waals surface area contributed by atoms with Crippen LogP contribution < -0.4 is 5.56 Å². The first-order valence-electron chi connectivity index (χ1n) is 10.3. The molecule has 0 aliphatic carbocycles. The number of fused-ring (bicyclic) bond motifs is 2. The third kappa shape index (κ3) is 3.31. The van der Waals surface area contributed by atoms with E-state index in [2.05, 4.69) is 9.97 Å². The average molecular weight is 442 g/mol. The van der Waals surface area contributed by atoms with Gasteiger partial charge in [0.05, 0.1) is 17.8 Å². The quantitative estimate of drug-likeness (QED) is 0.285. The minimum Gasteiger partial charge on any atom is -0.333 e. The predicted octanol–water partition coefficient (Wildman–Crippen LogP) is 5.76. The van der Waals surface area contributed by atoms with Gasteiger partial charge >= 0.3 is 0 Å². The molecule has 1 N–H and O–H groups in total. The molecule has 3 aromatic heterocycles. The number of nitrogens with zero attached hydrogens (tertiary/aromatic N) is 2. The number of pyridine rings is 2. The highest BCUT2D eigenvalue weighted by molar-refractivity contribution is 6.30. The van der Waals surface area contributed by atoms with Gasteiger partial charge in [0.15, 0.2) is 5.78 Å². The number of ketones is 1. The number of carbonyl (C=O) groups excluding carboxylic acids is 1. The highest BCUT2D eigenvalue weighted by Gasteiger charge is 2.24. The average Bonchev–Trinajstić information content (AvgIpc) is 3.08. The fourth-order valence-electron chi connectivity index (χ4n) is 4.31. The summed E-state index contributed by atoms with van der Waals surface area (Å²) in [5.41, 5.74) is 4.88. The number of benzene rings is 2. The fourth-order valence-corrected chi connectivity index (χ4v) is 4.51. The molecule has 0 saturated heterocycles. The molecule has 0 atom stereocenters. The molecule has 0 radical (unpaired) electrons. The van der Waals surface area contributed by atoms with Gasteiger partial charge in [0, 0.05) is 46.1 Å². The zero-order valence-electron chi connectivity index (χ0n) is 17.6. The Kier molecular flexibility index (Phi) is 4.91. The topological polar surface area (TPSA) is 67.8 Å². The van der Waals surface area contributed by atoms with Crippen LogP contribution in [0.5, 0.6) is 0 Å². The Labute approximate surface area is 189 Å². The van der Waals surface area contributed by atoms with Crippen molar-refractivity contribution in [1.29, 1.82) is 0 Å². The maximum absolute atomic E-state index is 12.9. The lowest BCUT2D eigenvalue weighted by atomic mass is 10.0. The Bertz CT molecular complexity index is 1580. The lowest BCUT2D eigenvalue weighted by Crippen LogP contribution is -2.12. The summed E-state index contributed by atoms with van der Waals surface area (Å²) in [7, 11) is 0. The number of aryl methyl sites for hydroxylation is 1. The van der Waals surface area contributed by atoms with Crippen LogP contribution in [0, 0.1) is 6.92 Å². The summed E-state index contributed by atoms with van der Waals surface area (Å²) in [4.78, 5) is 32.9. The SMILES string of the molecule is CC(=O)c1c(-c2ccc[nH]c2=O)c2cc(C)ccc2n1Cc1cc2ccccc2nc1Cl. The molecule has 6 heteroatoms. The normalized spacial score (nSPS) is 11.3. The molecule has 0 amide bonds. The molecule has 158 valence electrons. The monoisotopic (exact) mass is 441 g/mol. The molecule has 0 unspecified atom stereocenters. The summed E-state index contributed by atoms with van der Waals surface area (Å²) in [6, 6.07) is 19.3. The van der Waals surface area contributed by atoms with Gasteiger partial charge in [0.1, 0.15) is 5.15 Å². The number of Topliss-reactive ketones (excluding diaryl/α,β-unsaturated/α-hetero) is 1. The number of rotatable bonds is 4. The second kappa shape index (κ2) is 7.77. The zero-order chi connectivity index (χ0) is 22.4. The van der Waals surface area contributed by atoms with Gasteiger partial charge in [-0.3, -0.25) is 9.59 Å². The first-order valence-corrected chi connectivity index (χ1v) is 10.7. The number of halogens is 1. The van der Waals surface area contributed by atoms with Crippen LogP contribution in [-0.4, -0.2) is 20.3 Å². The van der Waals surface area contributed by atoms with Crippen molar-refractivity contribution < 1.29 is 4.79 Å². The van der Waals surface area contributed by atoms with Gasteiger partial charge in [-0.1, -0.05) is 41.4 Å². The van der Waals surface area contributed by atoms with Crippen molar-refractivity contribution in [3.05, 3.63) is 99.2 Å². The van der Waals surface area contributed by atoms with Crippen LogP contribution >= 0.6 is 11.6 Å². The molecule has 3 heterocycles. The zero-order valence-corrected chi connectivity index (χ0v) is 18.4.